The highest BCUT2D eigenvalue weighted by atomic mass is 16.5. The Morgan fingerprint density at radius 1 is 1.00 bits per heavy atom. The molecular formula is C22H21N3O4. The van der Waals surface area contributed by atoms with E-state index < -0.39 is 5.97 Å². The van der Waals surface area contributed by atoms with Gasteiger partial charge in [0.1, 0.15) is 11.6 Å². The van der Waals surface area contributed by atoms with Gasteiger partial charge in [0.15, 0.2) is 0 Å². The Balaban J connectivity index is 1.69. The molecule has 7 nitrogen and oxygen atoms in total. The van der Waals surface area contributed by atoms with Crippen LogP contribution in [0.15, 0.2) is 66.9 Å². The Kier molecular flexibility index (Phi) is 6.42. The second kappa shape index (κ2) is 9.36. The quantitative estimate of drug-likeness (QED) is 0.599. The zero-order chi connectivity index (χ0) is 20.6. The summed E-state index contributed by atoms with van der Waals surface area (Å²) in [6, 6.07) is 17.6. The van der Waals surface area contributed by atoms with Crippen LogP contribution in [0.4, 0.5) is 11.5 Å². The summed E-state index contributed by atoms with van der Waals surface area (Å²) < 4.78 is 9.92. The van der Waals surface area contributed by atoms with E-state index in [4.69, 9.17) is 9.47 Å². The summed E-state index contributed by atoms with van der Waals surface area (Å²) in [5.74, 6) is 0.518. The van der Waals surface area contributed by atoms with E-state index >= 15 is 0 Å². The number of para-hydroxylation sites is 1. The lowest BCUT2D eigenvalue weighted by molar-refractivity contribution is 0.0601. The van der Waals surface area contributed by atoms with Crippen LogP contribution in [0.1, 0.15) is 26.3 Å². The molecule has 0 unspecified atom stereocenters. The van der Waals surface area contributed by atoms with E-state index in [9.17, 15) is 9.59 Å². The molecule has 0 saturated carbocycles. The molecule has 0 aliphatic heterocycles. The minimum atomic E-state index is -0.457. The van der Waals surface area contributed by atoms with Crippen LogP contribution in [0.25, 0.3) is 0 Å². The molecule has 0 spiro atoms. The van der Waals surface area contributed by atoms with Crippen LogP contribution < -0.4 is 15.4 Å². The van der Waals surface area contributed by atoms with Gasteiger partial charge in [0.25, 0.3) is 5.91 Å². The van der Waals surface area contributed by atoms with Crippen LogP contribution in [0, 0.1) is 0 Å². The molecular weight excluding hydrogens is 370 g/mol. The molecule has 1 heterocycles. The molecule has 2 N–H and O–H groups in total. The van der Waals surface area contributed by atoms with Crippen molar-refractivity contribution in [2.45, 2.75) is 6.54 Å². The number of pyridine rings is 1. The number of esters is 1. The maximum Gasteiger partial charge on any atom is 0.339 e. The zero-order valence-corrected chi connectivity index (χ0v) is 16.1. The van der Waals surface area contributed by atoms with E-state index in [0.717, 1.165) is 11.3 Å². The predicted octanol–water partition coefficient (Wildman–Crippen LogP) is 3.55. The number of rotatable bonds is 7. The number of anilines is 2. The monoisotopic (exact) mass is 391 g/mol. The van der Waals surface area contributed by atoms with Gasteiger partial charge < -0.3 is 20.1 Å². The highest BCUT2D eigenvalue weighted by Gasteiger charge is 2.12. The van der Waals surface area contributed by atoms with Gasteiger partial charge in [0, 0.05) is 18.3 Å². The SMILES string of the molecule is COC(=O)c1ccccc1Nc1cc(C(=O)NCc2ccc(OC)cc2)ccn1. The summed E-state index contributed by atoms with van der Waals surface area (Å²) in [6.07, 6.45) is 1.53. The molecule has 29 heavy (non-hydrogen) atoms. The van der Waals surface area contributed by atoms with E-state index in [-0.39, 0.29) is 5.91 Å². The van der Waals surface area contributed by atoms with Crippen molar-refractivity contribution in [1.29, 1.82) is 0 Å². The number of hydrogen-bond donors (Lipinski definition) is 2. The normalized spacial score (nSPS) is 10.1. The third-order valence-corrected chi connectivity index (χ3v) is 4.23. The van der Waals surface area contributed by atoms with Crippen molar-refractivity contribution in [1.82, 2.24) is 10.3 Å². The molecule has 2 aromatic carbocycles. The minimum absolute atomic E-state index is 0.229. The van der Waals surface area contributed by atoms with Gasteiger partial charge >= 0.3 is 5.97 Å². The zero-order valence-electron chi connectivity index (χ0n) is 16.1. The van der Waals surface area contributed by atoms with E-state index in [1.165, 1.54) is 13.3 Å². The topological polar surface area (TPSA) is 89.5 Å². The van der Waals surface area contributed by atoms with Gasteiger partial charge in [-0.3, -0.25) is 4.79 Å². The molecule has 1 amide bonds. The van der Waals surface area contributed by atoms with Gasteiger partial charge in [-0.15, -0.1) is 0 Å². The second-order valence-corrected chi connectivity index (χ2v) is 6.12. The summed E-state index contributed by atoms with van der Waals surface area (Å²) in [6.45, 7) is 0.388. The number of ether oxygens (including phenoxy) is 2. The van der Waals surface area contributed by atoms with E-state index in [0.29, 0.717) is 29.2 Å². The summed E-state index contributed by atoms with van der Waals surface area (Å²) in [4.78, 5) is 28.6. The lowest BCUT2D eigenvalue weighted by Crippen LogP contribution is -2.22. The van der Waals surface area contributed by atoms with E-state index in [1.807, 2.05) is 24.3 Å². The molecule has 0 aliphatic rings. The van der Waals surface area contributed by atoms with Crippen molar-refractivity contribution in [3.63, 3.8) is 0 Å². The fourth-order valence-corrected chi connectivity index (χ4v) is 2.69. The van der Waals surface area contributed by atoms with Gasteiger partial charge in [-0.25, -0.2) is 9.78 Å². The van der Waals surface area contributed by atoms with Crippen LogP contribution in [0.3, 0.4) is 0 Å². The van der Waals surface area contributed by atoms with Crippen molar-refractivity contribution in [2.75, 3.05) is 19.5 Å². The Morgan fingerprint density at radius 3 is 2.48 bits per heavy atom. The number of hydrogen-bond acceptors (Lipinski definition) is 6. The van der Waals surface area contributed by atoms with Crippen molar-refractivity contribution in [3.05, 3.63) is 83.6 Å². The number of aromatic nitrogens is 1. The number of nitrogens with zero attached hydrogens (tertiary/aromatic N) is 1. The first-order valence-electron chi connectivity index (χ1n) is 8.92. The predicted molar refractivity (Wildman–Crippen MR) is 109 cm³/mol. The van der Waals surface area contributed by atoms with Gasteiger partial charge in [-0.1, -0.05) is 24.3 Å². The Morgan fingerprint density at radius 2 is 1.76 bits per heavy atom. The van der Waals surface area contributed by atoms with Crippen molar-refractivity contribution < 1.29 is 19.1 Å². The smallest absolute Gasteiger partial charge is 0.339 e. The standard InChI is InChI=1S/C22H21N3O4/c1-28-17-9-7-15(8-10-17)14-24-21(26)16-11-12-23-20(13-16)25-19-6-4-3-5-18(19)22(27)29-2/h3-13H,14H2,1-2H3,(H,23,25)(H,24,26). The first kappa shape index (κ1) is 19.9. The number of nitrogens with one attached hydrogen (secondary N) is 2. The third kappa shape index (κ3) is 5.10. The summed E-state index contributed by atoms with van der Waals surface area (Å²) in [5, 5.41) is 5.94. The number of methoxy groups -OCH3 is 2. The second-order valence-electron chi connectivity index (χ2n) is 6.12. The van der Waals surface area contributed by atoms with Gasteiger partial charge in [-0.2, -0.15) is 0 Å². The molecule has 0 fully saturated rings. The van der Waals surface area contributed by atoms with E-state index in [1.54, 1.807) is 43.5 Å². The Labute approximate surface area is 168 Å². The van der Waals surface area contributed by atoms with Gasteiger partial charge in [0.2, 0.25) is 0 Å². The first-order chi connectivity index (χ1) is 14.1. The largest absolute Gasteiger partial charge is 0.497 e. The average Bonchev–Trinajstić information content (AvgIpc) is 2.78. The molecule has 7 heteroatoms. The summed E-state index contributed by atoms with van der Waals surface area (Å²) in [7, 11) is 2.93. The fourth-order valence-electron chi connectivity index (χ4n) is 2.69. The van der Waals surface area contributed by atoms with Crippen LogP contribution in [-0.2, 0) is 11.3 Å². The number of amides is 1. The molecule has 0 radical (unpaired) electrons. The molecule has 0 saturated heterocycles. The lowest BCUT2D eigenvalue weighted by atomic mass is 10.1. The molecule has 3 rings (SSSR count). The van der Waals surface area contributed by atoms with Crippen LogP contribution >= 0.6 is 0 Å². The van der Waals surface area contributed by atoms with Crippen molar-refractivity contribution in [3.8, 4) is 5.75 Å². The number of benzene rings is 2. The highest BCUT2D eigenvalue weighted by Crippen LogP contribution is 2.21. The maximum absolute atomic E-state index is 12.5. The Bertz CT molecular complexity index is 1000. The maximum atomic E-state index is 12.5. The average molecular weight is 391 g/mol. The van der Waals surface area contributed by atoms with Crippen LogP contribution in [0.2, 0.25) is 0 Å². The Hall–Kier alpha value is -3.87. The molecule has 0 atom stereocenters. The van der Waals surface area contributed by atoms with Crippen LogP contribution in [0.5, 0.6) is 5.75 Å². The lowest BCUT2D eigenvalue weighted by Gasteiger charge is -2.11. The van der Waals surface area contributed by atoms with E-state index in [2.05, 4.69) is 15.6 Å². The van der Waals surface area contributed by atoms with Gasteiger partial charge in [-0.05, 0) is 42.0 Å². The fraction of sp³-hybridized carbons (Fsp3) is 0.136. The third-order valence-electron chi connectivity index (χ3n) is 4.23. The summed E-state index contributed by atoms with van der Waals surface area (Å²) in [5.41, 5.74) is 2.33. The number of carbonyl (C=O) groups excluding carboxylic acids is 2. The minimum Gasteiger partial charge on any atom is -0.497 e. The highest BCUT2D eigenvalue weighted by molar-refractivity contribution is 5.97. The van der Waals surface area contributed by atoms with Crippen molar-refractivity contribution >= 4 is 23.4 Å². The molecule has 0 bridgehead atoms. The first-order valence-corrected chi connectivity index (χ1v) is 8.92. The molecule has 1 aromatic heterocycles. The molecule has 3 aromatic rings. The summed E-state index contributed by atoms with van der Waals surface area (Å²) >= 11 is 0. The number of carbonyl (C=O) groups is 2. The molecule has 148 valence electrons. The van der Waals surface area contributed by atoms with Gasteiger partial charge in [0.05, 0.1) is 25.5 Å². The van der Waals surface area contributed by atoms with Crippen LogP contribution in [-0.4, -0.2) is 31.1 Å². The van der Waals surface area contributed by atoms with Crippen molar-refractivity contribution in [2.24, 2.45) is 0 Å². The molecule has 0 aliphatic carbocycles.